The molecule has 8 nitrogen and oxygen atoms in total. The van der Waals surface area contributed by atoms with E-state index < -0.39 is 0 Å². The highest BCUT2D eigenvalue weighted by Gasteiger charge is 2.30. The highest BCUT2D eigenvalue weighted by molar-refractivity contribution is 5.70. The molecule has 0 N–H and O–H groups in total. The number of nitrogens with zero attached hydrogens (tertiary/aromatic N) is 5. The molecule has 0 aromatic carbocycles. The Balaban J connectivity index is 1.55. The van der Waals surface area contributed by atoms with Crippen molar-refractivity contribution in [1.82, 2.24) is 23.8 Å². The van der Waals surface area contributed by atoms with Gasteiger partial charge in [0.15, 0.2) is 11.2 Å². The Morgan fingerprint density at radius 3 is 2.55 bits per heavy atom. The van der Waals surface area contributed by atoms with Crippen LogP contribution in [0.25, 0.3) is 11.2 Å². The van der Waals surface area contributed by atoms with Crippen LogP contribution in [0.4, 0.5) is 0 Å². The summed E-state index contributed by atoms with van der Waals surface area (Å²) >= 11 is 0. The number of hydrogen-bond donors (Lipinski definition) is 0. The Labute approximate surface area is 180 Å². The first kappa shape index (κ1) is 20.3. The number of aromatic nitrogens is 5. The maximum atomic E-state index is 13.7. The Morgan fingerprint density at radius 1 is 1.03 bits per heavy atom. The minimum Gasteiger partial charge on any atom is -0.361 e. The lowest BCUT2D eigenvalue weighted by molar-refractivity contribution is 0.235. The first-order valence-corrected chi connectivity index (χ1v) is 11.6. The molecule has 2 aliphatic rings. The van der Waals surface area contributed by atoms with Crippen LogP contribution in [0.15, 0.2) is 26.5 Å². The van der Waals surface area contributed by atoms with Crippen molar-refractivity contribution in [3.63, 3.8) is 0 Å². The van der Waals surface area contributed by atoms with Crippen LogP contribution >= 0.6 is 0 Å². The molecule has 3 aromatic heterocycles. The second kappa shape index (κ2) is 8.13. The Hall–Kier alpha value is -2.64. The predicted octanol–water partition coefficient (Wildman–Crippen LogP) is 3.67. The van der Waals surface area contributed by atoms with E-state index in [1.165, 1.54) is 6.42 Å². The van der Waals surface area contributed by atoms with Gasteiger partial charge in [0.1, 0.15) is 5.76 Å². The van der Waals surface area contributed by atoms with E-state index in [2.05, 4.69) is 10.1 Å². The SMILES string of the molecule is Cc1cc(CC2CCCC(n3c(=O)c4c(ncn4C)n(C4CCCCC4)c3=O)C2)on1. The zero-order valence-electron chi connectivity index (χ0n) is 18.4. The van der Waals surface area contributed by atoms with Gasteiger partial charge in [-0.05, 0) is 44.9 Å². The average molecular weight is 426 g/mol. The van der Waals surface area contributed by atoms with Crippen molar-refractivity contribution in [3.8, 4) is 0 Å². The number of hydrogen-bond acceptors (Lipinski definition) is 5. The van der Waals surface area contributed by atoms with Gasteiger partial charge in [-0.2, -0.15) is 0 Å². The van der Waals surface area contributed by atoms with E-state index in [4.69, 9.17) is 4.52 Å². The molecule has 2 aliphatic carbocycles. The zero-order chi connectivity index (χ0) is 21.5. The average Bonchev–Trinajstić information content (AvgIpc) is 3.34. The highest BCUT2D eigenvalue weighted by Crippen LogP contribution is 2.34. The minimum absolute atomic E-state index is 0.0862. The lowest BCUT2D eigenvalue weighted by atomic mass is 9.83. The summed E-state index contributed by atoms with van der Waals surface area (Å²) in [5, 5.41) is 4.00. The van der Waals surface area contributed by atoms with Crippen LogP contribution in [0.1, 0.15) is 81.3 Å². The van der Waals surface area contributed by atoms with Gasteiger partial charge in [0.25, 0.3) is 5.56 Å². The second-order valence-electron chi connectivity index (χ2n) is 9.47. The third kappa shape index (κ3) is 3.66. The van der Waals surface area contributed by atoms with Gasteiger partial charge in [-0.3, -0.25) is 13.9 Å². The minimum atomic E-state index is -0.201. The third-order valence-electron chi connectivity index (χ3n) is 7.21. The van der Waals surface area contributed by atoms with E-state index in [9.17, 15) is 9.59 Å². The van der Waals surface area contributed by atoms with Gasteiger partial charge in [-0.1, -0.05) is 30.8 Å². The van der Waals surface area contributed by atoms with E-state index in [1.807, 2.05) is 24.6 Å². The summed E-state index contributed by atoms with van der Waals surface area (Å²) in [4.78, 5) is 31.7. The molecule has 8 heteroatoms. The van der Waals surface area contributed by atoms with Gasteiger partial charge in [-0.15, -0.1) is 0 Å². The van der Waals surface area contributed by atoms with Crippen LogP contribution in [0, 0.1) is 12.8 Å². The van der Waals surface area contributed by atoms with Crippen molar-refractivity contribution < 1.29 is 4.52 Å². The van der Waals surface area contributed by atoms with Gasteiger partial charge < -0.3 is 9.09 Å². The van der Waals surface area contributed by atoms with Crippen LogP contribution in [0.3, 0.4) is 0 Å². The molecule has 2 unspecified atom stereocenters. The fourth-order valence-corrected chi connectivity index (χ4v) is 5.72. The lowest BCUT2D eigenvalue weighted by Gasteiger charge is -2.31. The van der Waals surface area contributed by atoms with Crippen molar-refractivity contribution in [1.29, 1.82) is 0 Å². The number of aryl methyl sites for hydroxylation is 2. The zero-order valence-corrected chi connectivity index (χ0v) is 18.4. The summed E-state index contributed by atoms with van der Waals surface area (Å²) < 4.78 is 10.6. The van der Waals surface area contributed by atoms with E-state index in [0.29, 0.717) is 17.1 Å². The molecule has 0 saturated heterocycles. The molecule has 0 radical (unpaired) electrons. The Morgan fingerprint density at radius 2 is 1.81 bits per heavy atom. The molecule has 2 saturated carbocycles. The number of rotatable bonds is 4. The molecule has 3 aromatic rings. The maximum Gasteiger partial charge on any atom is 0.333 e. The van der Waals surface area contributed by atoms with Gasteiger partial charge >= 0.3 is 5.69 Å². The van der Waals surface area contributed by atoms with Crippen molar-refractivity contribution >= 4 is 11.2 Å². The van der Waals surface area contributed by atoms with E-state index in [1.54, 1.807) is 15.5 Å². The molecular weight excluding hydrogens is 394 g/mol. The van der Waals surface area contributed by atoms with Crippen LogP contribution in [-0.2, 0) is 13.5 Å². The molecule has 5 rings (SSSR count). The van der Waals surface area contributed by atoms with Crippen molar-refractivity contribution in [2.75, 3.05) is 0 Å². The number of imidazole rings is 1. The summed E-state index contributed by atoms with van der Waals surface area (Å²) in [5.41, 5.74) is 1.59. The quantitative estimate of drug-likeness (QED) is 0.636. The fourth-order valence-electron chi connectivity index (χ4n) is 5.72. The van der Waals surface area contributed by atoms with Crippen molar-refractivity contribution in [2.24, 2.45) is 13.0 Å². The smallest absolute Gasteiger partial charge is 0.333 e. The fraction of sp³-hybridized carbons (Fsp3) is 0.652. The standard InChI is InChI=1S/C23H31N5O3/c1-15-11-19(31-25-15)13-16-7-6-10-18(12-16)28-22(29)20-21(24-14-26(20)2)27(23(28)30)17-8-4-3-5-9-17/h11,14,16-18H,3-10,12-13H2,1-2H3. The third-order valence-corrected chi connectivity index (χ3v) is 7.21. The van der Waals surface area contributed by atoms with Gasteiger partial charge in [-0.25, -0.2) is 9.78 Å². The van der Waals surface area contributed by atoms with Gasteiger partial charge in [0.05, 0.1) is 12.0 Å². The highest BCUT2D eigenvalue weighted by atomic mass is 16.5. The molecule has 0 spiro atoms. The second-order valence-corrected chi connectivity index (χ2v) is 9.47. The predicted molar refractivity (Wildman–Crippen MR) is 117 cm³/mol. The largest absolute Gasteiger partial charge is 0.361 e. The van der Waals surface area contributed by atoms with Gasteiger partial charge in [0, 0.05) is 31.6 Å². The topological polar surface area (TPSA) is 87.9 Å². The number of fused-ring (bicyclic) bond motifs is 1. The lowest BCUT2D eigenvalue weighted by Crippen LogP contribution is -2.45. The summed E-state index contributed by atoms with van der Waals surface area (Å²) in [6.07, 6.45) is 11.6. The van der Waals surface area contributed by atoms with E-state index >= 15 is 0 Å². The molecule has 0 amide bonds. The summed E-state index contributed by atoms with van der Waals surface area (Å²) in [6, 6.07) is 2.02. The molecule has 31 heavy (non-hydrogen) atoms. The maximum absolute atomic E-state index is 13.7. The van der Waals surface area contributed by atoms with Crippen molar-refractivity contribution in [3.05, 3.63) is 44.7 Å². The summed E-state index contributed by atoms with van der Waals surface area (Å²) in [5.74, 6) is 1.26. The monoisotopic (exact) mass is 425 g/mol. The van der Waals surface area contributed by atoms with Crippen LogP contribution < -0.4 is 11.2 Å². The van der Waals surface area contributed by atoms with Gasteiger partial charge in [0.2, 0.25) is 0 Å². The molecule has 0 aliphatic heterocycles. The molecule has 2 fully saturated rings. The van der Waals surface area contributed by atoms with E-state index in [-0.39, 0.29) is 23.3 Å². The molecule has 0 bridgehead atoms. The molecular formula is C23H31N5O3. The Kier molecular flexibility index (Phi) is 5.32. The Bertz CT molecular complexity index is 1190. The summed E-state index contributed by atoms with van der Waals surface area (Å²) in [7, 11) is 1.84. The van der Waals surface area contributed by atoms with Crippen LogP contribution in [0.2, 0.25) is 0 Å². The molecule has 3 heterocycles. The van der Waals surface area contributed by atoms with E-state index in [0.717, 1.165) is 69.2 Å². The van der Waals surface area contributed by atoms with Crippen LogP contribution in [-0.4, -0.2) is 23.8 Å². The van der Waals surface area contributed by atoms with Crippen molar-refractivity contribution in [2.45, 2.75) is 83.2 Å². The first-order valence-electron chi connectivity index (χ1n) is 11.6. The summed E-state index contributed by atoms with van der Waals surface area (Å²) in [6.45, 7) is 1.92. The van der Waals surface area contributed by atoms with Crippen LogP contribution in [0.5, 0.6) is 0 Å². The first-order chi connectivity index (χ1) is 15.0. The molecule has 2 atom stereocenters. The normalized spacial score (nSPS) is 22.9. The molecule has 166 valence electrons.